The fraction of sp³-hybridized carbons (Fsp3) is 0.222. The summed E-state index contributed by atoms with van der Waals surface area (Å²) in [6.07, 6.45) is 2.60. The Morgan fingerprint density at radius 3 is 2.41 bits per heavy atom. The molecule has 0 unspecified atom stereocenters. The number of nitrogens with zero attached hydrogens (tertiary/aromatic N) is 3. The highest BCUT2D eigenvalue weighted by Gasteiger charge is 2.33. The van der Waals surface area contributed by atoms with Crippen LogP contribution in [0.15, 0.2) is 17.0 Å². The SMILES string of the molecule is O=C(ON1C(=O)CCC1=O)c1cnc(Br)cn1. The maximum atomic E-state index is 11.5. The van der Waals surface area contributed by atoms with Crippen molar-refractivity contribution in [3.05, 3.63) is 22.7 Å². The Labute approximate surface area is 104 Å². The number of aromatic nitrogens is 2. The molecule has 1 aromatic heterocycles. The van der Waals surface area contributed by atoms with Crippen molar-refractivity contribution in [1.82, 2.24) is 15.0 Å². The summed E-state index contributed by atoms with van der Waals surface area (Å²) in [7, 11) is 0. The molecule has 1 fully saturated rings. The van der Waals surface area contributed by atoms with Crippen LogP contribution >= 0.6 is 15.9 Å². The number of carbonyl (C=O) groups is 3. The molecule has 2 rings (SSSR count). The summed E-state index contributed by atoms with van der Waals surface area (Å²) in [5.41, 5.74) is -0.0827. The first-order chi connectivity index (χ1) is 8.08. The van der Waals surface area contributed by atoms with Crippen molar-refractivity contribution in [2.45, 2.75) is 12.8 Å². The molecule has 17 heavy (non-hydrogen) atoms. The highest BCUT2D eigenvalue weighted by molar-refractivity contribution is 9.10. The number of imide groups is 1. The largest absolute Gasteiger partial charge is 0.383 e. The van der Waals surface area contributed by atoms with Crippen LogP contribution in [0.5, 0.6) is 0 Å². The van der Waals surface area contributed by atoms with Crippen LogP contribution in [0, 0.1) is 0 Å². The Kier molecular flexibility index (Phi) is 3.14. The Bertz CT molecular complexity index is 472. The quantitative estimate of drug-likeness (QED) is 0.737. The lowest BCUT2D eigenvalue weighted by molar-refractivity contribution is -0.172. The first-order valence-electron chi connectivity index (χ1n) is 4.63. The molecule has 2 heterocycles. The van der Waals surface area contributed by atoms with E-state index < -0.39 is 17.8 Å². The van der Waals surface area contributed by atoms with Gasteiger partial charge in [0, 0.05) is 12.8 Å². The van der Waals surface area contributed by atoms with E-state index in [1.807, 2.05) is 0 Å². The van der Waals surface area contributed by atoms with Crippen LogP contribution in [0.2, 0.25) is 0 Å². The third-order valence-electron chi connectivity index (χ3n) is 2.01. The lowest BCUT2D eigenvalue weighted by Gasteiger charge is -2.11. The van der Waals surface area contributed by atoms with Crippen molar-refractivity contribution in [3.8, 4) is 0 Å². The van der Waals surface area contributed by atoms with Gasteiger partial charge in [0.2, 0.25) is 0 Å². The molecule has 0 aromatic carbocycles. The second-order valence-corrected chi connectivity index (χ2v) is 4.00. The summed E-state index contributed by atoms with van der Waals surface area (Å²) >= 11 is 3.06. The van der Waals surface area contributed by atoms with Crippen molar-refractivity contribution in [2.75, 3.05) is 0 Å². The van der Waals surface area contributed by atoms with Crippen molar-refractivity contribution in [3.63, 3.8) is 0 Å². The fourth-order valence-electron chi connectivity index (χ4n) is 1.21. The number of hydrogen-bond acceptors (Lipinski definition) is 6. The van der Waals surface area contributed by atoms with Crippen LogP contribution in [0.4, 0.5) is 0 Å². The maximum Gasteiger partial charge on any atom is 0.383 e. The lowest BCUT2D eigenvalue weighted by atomic mass is 10.4. The predicted molar refractivity (Wildman–Crippen MR) is 56.2 cm³/mol. The van der Waals surface area contributed by atoms with Crippen molar-refractivity contribution in [1.29, 1.82) is 0 Å². The number of amides is 2. The van der Waals surface area contributed by atoms with E-state index in [9.17, 15) is 14.4 Å². The monoisotopic (exact) mass is 299 g/mol. The average molecular weight is 300 g/mol. The fourth-order valence-corrected chi connectivity index (χ4v) is 1.41. The Hall–Kier alpha value is -1.83. The van der Waals surface area contributed by atoms with Gasteiger partial charge >= 0.3 is 5.97 Å². The standard InChI is InChI=1S/C9H6BrN3O4/c10-6-4-11-5(3-12-6)9(16)17-13-7(14)1-2-8(13)15/h3-4H,1-2H2. The molecule has 1 aliphatic heterocycles. The van der Waals surface area contributed by atoms with Gasteiger partial charge < -0.3 is 4.84 Å². The molecule has 8 heteroatoms. The van der Waals surface area contributed by atoms with Crippen LogP contribution in [-0.4, -0.2) is 32.8 Å². The minimum Gasteiger partial charge on any atom is -0.323 e. The van der Waals surface area contributed by atoms with Gasteiger partial charge in [-0.1, -0.05) is 0 Å². The molecule has 0 spiro atoms. The smallest absolute Gasteiger partial charge is 0.323 e. The number of rotatable bonds is 2. The van der Waals surface area contributed by atoms with Crippen LogP contribution in [-0.2, 0) is 14.4 Å². The molecule has 88 valence electrons. The highest BCUT2D eigenvalue weighted by atomic mass is 79.9. The van der Waals surface area contributed by atoms with E-state index >= 15 is 0 Å². The van der Waals surface area contributed by atoms with Gasteiger partial charge in [-0.05, 0) is 15.9 Å². The van der Waals surface area contributed by atoms with Gasteiger partial charge in [0.05, 0.1) is 12.4 Å². The Balaban J connectivity index is 2.09. The zero-order chi connectivity index (χ0) is 12.4. The number of hydrogen-bond donors (Lipinski definition) is 0. The third-order valence-corrected chi connectivity index (χ3v) is 2.42. The second kappa shape index (κ2) is 4.58. The maximum absolute atomic E-state index is 11.5. The average Bonchev–Trinajstić information content (AvgIpc) is 2.61. The molecule has 1 aromatic rings. The summed E-state index contributed by atoms with van der Waals surface area (Å²) in [5.74, 6) is -1.96. The Morgan fingerprint density at radius 1 is 1.24 bits per heavy atom. The number of carbonyl (C=O) groups excluding carboxylic acids is 3. The number of hydroxylamine groups is 2. The van der Waals surface area contributed by atoms with E-state index in [1.165, 1.54) is 12.4 Å². The van der Waals surface area contributed by atoms with Gasteiger partial charge in [0.25, 0.3) is 11.8 Å². The van der Waals surface area contributed by atoms with E-state index in [2.05, 4.69) is 30.7 Å². The first kappa shape index (κ1) is 11.6. The van der Waals surface area contributed by atoms with E-state index in [4.69, 9.17) is 0 Å². The summed E-state index contributed by atoms with van der Waals surface area (Å²) in [4.78, 5) is 46.1. The van der Waals surface area contributed by atoms with Crippen LogP contribution in [0.1, 0.15) is 23.3 Å². The van der Waals surface area contributed by atoms with Gasteiger partial charge in [-0.3, -0.25) is 9.59 Å². The third kappa shape index (κ3) is 2.47. The van der Waals surface area contributed by atoms with Crippen LogP contribution < -0.4 is 0 Å². The van der Waals surface area contributed by atoms with Gasteiger partial charge in [-0.25, -0.2) is 14.8 Å². The molecule has 1 aliphatic rings. The summed E-state index contributed by atoms with van der Waals surface area (Å²) < 4.78 is 0.461. The molecular weight excluding hydrogens is 294 g/mol. The molecule has 2 amide bonds. The summed E-state index contributed by atoms with van der Waals surface area (Å²) in [6.45, 7) is 0. The molecule has 0 aliphatic carbocycles. The van der Waals surface area contributed by atoms with E-state index in [1.54, 1.807) is 0 Å². The van der Waals surface area contributed by atoms with Crippen molar-refractivity contribution < 1.29 is 19.2 Å². The van der Waals surface area contributed by atoms with Crippen molar-refractivity contribution in [2.24, 2.45) is 0 Å². The zero-order valence-corrected chi connectivity index (χ0v) is 10.0. The molecule has 1 saturated heterocycles. The van der Waals surface area contributed by atoms with Gasteiger partial charge in [-0.15, -0.1) is 5.06 Å². The van der Waals surface area contributed by atoms with E-state index in [-0.39, 0.29) is 18.5 Å². The molecule has 0 saturated carbocycles. The minimum absolute atomic E-state index is 0.0537. The molecule has 0 bridgehead atoms. The minimum atomic E-state index is -0.895. The summed E-state index contributed by atoms with van der Waals surface area (Å²) in [6, 6.07) is 0. The lowest BCUT2D eigenvalue weighted by Crippen LogP contribution is -2.32. The summed E-state index contributed by atoms with van der Waals surface area (Å²) in [5, 5.41) is 0.464. The second-order valence-electron chi connectivity index (χ2n) is 3.18. The van der Waals surface area contributed by atoms with Crippen LogP contribution in [0.3, 0.4) is 0 Å². The van der Waals surface area contributed by atoms with Gasteiger partial charge in [-0.2, -0.15) is 0 Å². The van der Waals surface area contributed by atoms with Gasteiger partial charge in [0.1, 0.15) is 4.60 Å². The highest BCUT2D eigenvalue weighted by Crippen LogP contribution is 2.13. The topological polar surface area (TPSA) is 89.5 Å². The van der Waals surface area contributed by atoms with E-state index in [0.29, 0.717) is 9.67 Å². The van der Waals surface area contributed by atoms with E-state index in [0.717, 1.165) is 0 Å². The van der Waals surface area contributed by atoms with Gasteiger partial charge in [0.15, 0.2) is 5.69 Å². The number of halogens is 1. The molecule has 0 atom stereocenters. The Morgan fingerprint density at radius 2 is 1.88 bits per heavy atom. The molecular formula is C9H6BrN3O4. The predicted octanol–water partition coefficient (Wildman–Crippen LogP) is 0.460. The first-order valence-corrected chi connectivity index (χ1v) is 5.43. The normalized spacial score (nSPS) is 15.2. The molecule has 7 nitrogen and oxygen atoms in total. The molecule has 0 radical (unpaired) electrons. The zero-order valence-electron chi connectivity index (χ0n) is 8.42. The van der Waals surface area contributed by atoms with Crippen molar-refractivity contribution >= 4 is 33.7 Å². The van der Waals surface area contributed by atoms with Crippen LogP contribution in [0.25, 0.3) is 0 Å². The molecule has 0 N–H and O–H groups in total.